The minimum Gasteiger partial charge on any atom is -0.352 e. The van der Waals surface area contributed by atoms with Crippen LogP contribution in [0.2, 0.25) is 0 Å². The van der Waals surface area contributed by atoms with E-state index in [4.69, 9.17) is 0 Å². The monoisotopic (exact) mass is 400 g/mol. The number of rotatable bonds is 8. The SMILES string of the molecule is O=C(CN1CCN(C(=O)CCCCc2nc3ccccc3s2)CC1)NC1CC1. The van der Waals surface area contributed by atoms with Gasteiger partial charge < -0.3 is 10.2 Å². The first kappa shape index (κ1) is 19.3. The van der Waals surface area contributed by atoms with Gasteiger partial charge >= 0.3 is 0 Å². The van der Waals surface area contributed by atoms with E-state index in [0.717, 1.165) is 68.8 Å². The van der Waals surface area contributed by atoms with Crippen molar-refractivity contribution in [2.75, 3.05) is 32.7 Å². The van der Waals surface area contributed by atoms with E-state index in [9.17, 15) is 9.59 Å². The molecule has 0 atom stereocenters. The Bertz CT molecular complexity index is 792. The second-order valence-corrected chi connectivity index (χ2v) is 8.90. The van der Waals surface area contributed by atoms with E-state index < -0.39 is 0 Å². The summed E-state index contributed by atoms with van der Waals surface area (Å²) < 4.78 is 1.23. The molecule has 0 spiro atoms. The normalized spacial score (nSPS) is 17.8. The number of aromatic nitrogens is 1. The van der Waals surface area contributed by atoms with E-state index in [1.807, 2.05) is 23.1 Å². The summed E-state index contributed by atoms with van der Waals surface area (Å²) in [4.78, 5) is 33.1. The highest BCUT2D eigenvalue weighted by Crippen LogP contribution is 2.23. The van der Waals surface area contributed by atoms with Crippen LogP contribution in [0.25, 0.3) is 10.2 Å². The van der Waals surface area contributed by atoms with Crippen molar-refractivity contribution in [1.82, 2.24) is 20.1 Å². The zero-order valence-corrected chi connectivity index (χ0v) is 17.0. The van der Waals surface area contributed by atoms with Crippen molar-refractivity contribution < 1.29 is 9.59 Å². The topological polar surface area (TPSA) is 65.5 Å². The molecule has 1 aliphatic heterocycles. The number of benzene rings is 1. The number of aryl methyl sites for hydroxylation is 1. The maximum Gasteiger partial charge on any atom is 0.234 e. The minimum absolute atomic E-state index is 0.122. The summed E-state index contributed by atoms with van der Waals surface area (Å²) >= 11 is 1.75. The van der Waals surface area contributed by atoms with Crippen LogP contribution >= 0.6 is 11.3 Å². The molecule has 2 fully saturated rings. The number of thiazole rings is 1. The van der Waals surface area contributed by atoms with Crippen LogP contribution in [0.1, 0.15) is 37.1 Å². The molecule has 1 aliphatic carbocycles. The van der Waals surface area contributed by atoms with Crippen molar-refractivity contribution in [1.29, 1.82) is 0 Å². The average molecular weight is 401 g/mol. The first-order valence-corrected chi connectivity index (χ1v) is 11.1. The van der Waals surface area contributed by atoms with E-state index in [-0.39, 0.29) is 11.8 Å². The van der Waals surface area contributed by atoms with Crippen LogP contribution < -0.4 is 5.32 Å². The summed E-state index contributed by atoms with van der Waals surface area (Å²) in [5.41, 5.74) is 1.07. The summed E-state index contributed by atoms with van der Waals surface area (Å²) in [7, 11) is 0. The quantitative estimate of drug-likeness (QED) is 0.691. The molecule has 150 valence electrons. The number of para-hydroxylation sites is 1. The highest BCUT2D eigenvalue weighted by atomic mass is 32.1. The Morgan fingerprint density at radius 3 is 2.64 bits per heavy atom. The molecule has 0 unspecified atom stereocenters. The first-order chi connectivity index (χ1) is 13.7. The molecule has 1 N–H and O–H groups in total. The van der Waals surface area contributed by atoms with Gasteiger partial charge in [0.25, 0.3) is 0 Å². The molecule has 7 heteroatoms. The summed E-state index contributed by atoms with van der Waals surface area (Å²) in [6.45, 7) is 3.49. The third kappa shape index (κ3) is 5.29. The number of carbonyl (C=O) groups is 2. The first-order valence-electron chi connectivity index (χ1n) is 10.3. The van der Waals surface area contributed by atoms with Crippen molar-refractivity contribution in [2.24, 2.45) is 0 Å². The molecule has 4 rings (SSSR count). The van der Waals surface area contributed by atoms with Gasteiger partial charge in [-0.25, -0.2) is 4.98 Å². The number of nitrogens with zero attached hydrogens (tertiary/aromatic N) is 3. The van der Waals surface area contributed by atoms with Gasteiger partial charge in [0.1, 0.15) is 0 Å². The van der Waals surface area contributed by atoms with Crippen LogP contribution in [-0.4, -0.2) is 65.4 Å². The lowest BCUT2D eigenvalue weighted by Gasteiger charge is -2.34. The fourth-order valence-electron chi connectivity index (χ4n) is 3.60. The molecule has 1 saturated carbocycles. The van der Waals surface area contributed by atoms with Crippen LogP contribution in [0.15, 0.2) is 24.3 Å². The molecule has 2 aromatic rings. The summed E-state index contributed by atoms with van der Waals surface area (Å²) in [6, 6.07) is 8.63. The van der Waals surface area contributed by atoms with E-state index in [0.29, 0.717) is 19.0 Å². The molecule has 1 saturated heterocycles. The van der Waals surface area contributed by atoms with Gasteiger partial charge in [-0.15, -0.1) is 11.3 Å². The molecule has 2 heterocycles. The van der Waals surface area contributed by atoms with Crippen LogP contribution in [0, 0.1) is 0 Å². The highest BCUT2D eigenvalue weighted by Gasteiger charge is 2.26. The van der Waals surface area contributed by atoms with Crippen LogP contribution in [-0.2, 0) is 16.0 Å². The standard InChI is InChI=1S/C21H28N4O2S/c26-19(22-16-9-10-16)15-24-11-13-25(14-12-24)21(27)8-4-3-7-20-23-17-5-1-2-6-18(17)28-20/h1-2,5-6,16H,3-4,7-15H2,(H,22,26). The third-order valence-corrected chi connectivity index (χ3v) is 6.50. The predicted octanol–water partition coefficient (Wildman–Crippen LogP) is 2.43. The van der Waals surface area contributed by atoms with Crippen molar-refractivity contribution >= 4 is 33.4 Å². The van der Waals surface area contributed by atoms with Crippen molar-refractivity contribution in [3.8, 4) is 0 Å². The smallest absolute Gasteiger partial charge is 0.234 e. The summed E-state index contributed by atoms with van der Waals surface area (Å²) in [5, 5.41) is 4.18. The summed E-state index contributed by atoms with van der Waals surface area (Å²) in [5.74, 6) is 0.364. The van der Waals surface area contributed by atoms with Gasteiger partial charge in [0.15, 0.2) is 0 Å². The fraction of sp³-hybridized carbons (Fsp3) is 0.571. The van der Waals surface area contributed by atoms with Crippen LogP contribution in [0.4, 0.5) is 0 Å². The van der Waals surface area contributed by atoms with E-state index in [1.54, 1.807) is 11.3 Å². The average Bonchev–Trinajstić information content (AvgIpc) is 3.41. The Labute approximate surface area is 169 Å². The fourth-order valence-corrected chi connectivity index (χ4v) is 4.61. The number of carbonyl (C=O) groups excluding carboxylic acids is 2. The Hall–Kier alpha value is -1.99. The van der Waals surface area contributed by atoms with Gasteiger partial charge in [-0.1, -0.05) is 12.1 Å². The van der Waals surface area contributed by atoms with Gasteiger partial charge in [-0.05, 0) is 44.2 Å². The van der Waals surface area contributed by atoms with E-state index in [2.05, 4.69) is 21.3 Å². The minimum atomic E-state index is 0.122. The molecule has 0 bridgehead atoms. The van der Waals surface area contributed by atoms with Crippen molar-refractivity contribution in [3.05, 3.63) is 29.3 Å². The maximum atomic E-state index is 12.4. The molecule has 6 nitrogen and oxygen atoms in total. The Kier molecular flexibility index (Phi) is 6.22. The molecule has 1 aromatic carbocycles. The Morgan fingerprint density at radius 1 is 1.11 bits per heavy atom. The lowest BCUT2D eigenvalue weighted by atomic mass is 10.1. The van der Waals surface area contributed by atoms with Gasteiger partial charge in [0.2, 0.25) is 11.8 Å². The number of nitrogens with one attached hydrogen (secondary N) is 1. The van der Waals surface area contributed by atoms with Gasteiger partial charge in [-0.2, -0.15) is 0 Å². The number of unbranched alkanes of at least 4 members (excludes halogenated alkanes) is 1. The van der Waals surface area contributed by atoms with Crippen LogP contribution in [0.3, 0.4) is 0 Å². The van der Waals surface area contributed by atoms with Crippen LogP contribution in [0.5, 0.6) is 0 Å². The largest absolute Gasteiger partial charge is 0.352 e. The molecule has 1 aromatic heterocycles. The number of amides is 2. The lowest BCUT2D eigenvalue weighted by Crippen LogP contribution is -2.51. The Morgan fingerprint density at radius 2 is 1.89 bits per heavy atom. The lowest BCUT2D eigenvalue weighted by molar-refractivity contribution is -0.133. The number of fused-ring (bicyclic) bond motifs is 1. The molecule has 2 aliphatic rings. The number of hydrogen-bond acceptors (Lipinski definition) is 5. The zero-order valence-electron chi connectivity index (χ0n) is 16.2. The van der Waals surface area contributed by atoms with E-state index in [1.165, 1.54) is 4.70 Å². The van der Waals surface area contributed by atoms with Gasteiger partial charge in [0.05, 0.1) is 21.8 Å². The Balaban J connectivity index is 1.12. The molecular formula is C21H28N4O2S. The van der Waals surface area contributed by atoms with Crippen molar-refractivity contribution in [3.63, 3.8) is 0 Å². The highest BCUT2D eigenvalue weighted by molar-refractivity contribution is 7.18. The third-order valence-electron chi connectivity index (χ3n) is 5.40. The predicted molar refractivity (Wildman–Crippen MR) is 111 cm³/mol. The second kappa shape index (κ2) is 9.01. The molecule has 0 radical (unpaired) electrons. The number of piperazine rings is 1. The number of hydrogen-bond donors (Lipinski definition) is 1. The second-order valence-electron chi connectivity index (χ2n) is 7.78. The van der Waals surface area contributed by atoms with Gasteiger partial charge in [-0.3, -0.25) is 14.5 Å². The molecule has 28 heavy (non-hydrogen) atoms. The van der Waals surface area contributed by atoms with E-state index >= 15 is 0 Å². The maximum absolute atomic E-state index is 12.4. The molecular weight excluding hydrogens is 372 g/mol. The zero-order chi connectivity index (χ0) is 19.3. The summed E-state index contributed by atoms with van der Waals surface area (Å²) in [6.07, 6.45) is 5.68. The van der Waals surface area contributed by atoms with Crippen molar-refractivity contribution in [2.45, 2.75) is 44.6 Å². The van der Waals surface area contributed by atoms with Gasteiger partial charge in [0, 0.05) is 38.6 Å². The molecule has 2 amide bonds.